The van der Waals surface area contributed by atoms with Crippen LogP contribution < -0.4 is 20.1 Å². The number of halogens is 3. The highest BCUT2D eigenvalue weighted by atomic mass is 32.1. The van der Waals surface area contributed by atoms with Crippen LogP contribution in [0.2, 0.25) is 0 Å². The first kappa shape index (κ1) is 23.9. The predicted octanol–water partition coefficient (Wildman–Crippen LogP) is 6.36. The molecule has 33 heavy (non-hydrogen) atoms. The van der Waals surface area contributed by atoms with E-state index in [1.807, 2.05) is 0 Å². The van der Waals surface area contributed by atoms with Gasteiger partial charge in [0.2, 0.25) is 0 Å². The summed E-state index contributed by atoms with van der Waals surface area (Å²) in [5, 5.41) is 6.37. The third-order valence-electron chi connectivity index (χ3n) is 4.06. The van der Waals surface area contributed by atoms with Gasteiger partial charge in [0.15, 0.2) is 5.11 Å². The molecule has 0 unspecified atom stereocenters. The van der Waals surface area contributed by atoms with Gasteiger partial charge in [0.25, 0.3) is 0 Å². The minimum atomic E-state index is -4.74. The van der Waals surface area contributed by atoms with Crippen LogP contribution in [-0.4, -0.2) is 24.1 Å². The highest BCUT2D eigenvalue weighted by Crippen LogP contribution is 2.28. The molecule has 3 rings (SSSR count). The Kier molecular flexibility index (Phi) is 7.73. The average Bonchev–Trinajstić information content (AvgIpc) is 2.76. The van der Waals surface area contributed by atoms with Crippen LogP contribution in [0.25, 0.3) is 0 Å². The Morgan fingerprint density at radius 1 is 0.818 bits per heavy atom. The normalized spacial score (nSPS) is 10.8. The highest BCUT2D eigenvalue weighted by molar-refractivity contribution is 7.80. The topological polar surface area (TPSA) is 68.8 Å². The molecular weight excluding hydrogens is 457 g/mol. The SMILES string of the molecule is CCOC(=O)c1ccc(NC(=S)Nc2ccc(Oc3ccc(OC(F)(F)F)cc3)cc2)cc1. The van der Waals surface area contributed by atoms with E-state index in [2.05, 4.69) is 15.4 Å². The van der Waals surface area contributed by atoms with E-state index < -0.39 is 12.3 Å². The smallest absolute Gasteiger partial charge is 0.462 e. The number of esters is 1. The van der Waals surface area contributed by atoms with E-state index in [0.29, 0.717) is 40.2 Å². The molecule has 2 N–H and O–H groups in total. The molecule has 0 bridgehead atoms. The Bertz CT molecular complexity index is 1090. The number of carbonyl (C=O) groups excluding carboxylic acids is 1. The Morgan fingerprint density at radius 3 is 1.76 bits per heavy atom. The van der Waals surface area contributed by atoms with Gasteiger partial charge in [0.1, 0.15) is 17.2 Å². The molecule has 0 spiro atoms. The van der Waals surface area contributed by atoms with Gasteiger partial charge in [-0.25, -0.2) is 4.79 Å². The van der Waals surface area contributed by atoms with E-state index in [0.717, 1.165) is 0 Å². The van der Waals surface area contributed by atoms with Crippen molar-refractivity contribution in [2.75, 3.05) is 17.2 Å². The molecule has 0 aliphatic carbocycles. The minimum Gasteiger partial charge on any atom is -0.462 e. The van der Waals surface area contributed by atoms with Gasteiger partial charge in [0, 0.05) is 11.4 Å². The summed E-state index contributed by atoms with van der Waals surface area (Å²) >= 11 is 5.29. The van der Waals surface area contributed by atoms with Crippen LogP contribution in [0, 0.1) is 0 Å². The maximum Gasteiger partial charge on any atom is 0.573 e. The van der Waals surface area contributed by atoms with Crippen molar-refractivity contribution in [2.45, 2.75) is 13.3 Å². The number of benzene rings is 3. The van der Waals surface area contributed by atoms with Gasteiger partial charge in [-0.15, -0.1) is 13.2 Å². The third-order valence-corrected chi connectivity index (χ3v) is 4.26. The Balaban J connectivity index is 1.51. The van der Waals surface area contributed by atoms with Crippen LogP contribution in [-0.2, 0) is 4.74 Å². The van der Waals surface area contributed by atoms with Gasteiger partial charge in [-0.3, -0.25) is 0 Å². The minimum absolute atomic E-state index is 0.305. The van der Waals surface area contributed by atoms with Crippen molar-refractivity contribution in [3.8, 4) is 17.2 Å². The number of hydrogen-bond donors (Lipinski definition) is 2. The fraction of sp³-hybridized carbons (Fsp3) is 0.130. The van der Waals surface area contributed by atoms with Gasteiger partial charge in [-0.2, -0.15) is 0 Å². The van der Waals surface area contributed by atoms with Crippen LogP contribution >= 0.6 is 12.2 Å². The van der Waals surface area contributed by atoms with Crippen molar-refractivity contribution in [3.63, 3.8) is 0 Å². The molecule has 0 aliphatic heterocycles. The zero-order valence-electron chi connectivity index (χ0n) is 17.3. The lowest BCUT2D eigenvalue weighted by atomic mass is 10.2. The molecule has 10 heteroatoms. The van der Waals surface area contributed by atoms with Crippen LogP contribution in [0.1, 0.15) is 17.3 Å². The van der Waals surface area contributed by atoms with Crippen LogP contribution in [0.15, 0.2) is 72.8 Å². The molecular formula is C23H19F3N2O4S. The lowest BCUT2D eigenvalue weighted by Crippen LogP contribution is -2.19. The summed E-state index contributed by atoms with van der Waals surface area (Å²) in [6.45, 7) is 2.05. The molecule has 0 radical (unpaired) electrons. The van der Waals surface area contributed by atoms with Crippen molar-refractivity contribution in [3.05, 3.63) is 78.4 Å². The number of nitrogens with one attached hydrogen (secondary N) is 2. The second kappa shape index (κ2) is 10.7. The van der Waals surface area contributed by atoms with Crippen molar-refractivity contribution in [2.24, 2.45) is 0 Å². The molecule has 0 amide bonds. The zero-order valence-corrected chi connectivity index (χ0v) is 18.1. The summed E-state index contributed by atoms with van der Waals surface area (Å²) in [5.74, 6) is 0.121. The van der Waals surface area contributed by atoms with E-state index in [-0.39, 0.29) is 5.75 Å². The first-order valence-electron chi connectivity index (χ1n) is 9.71. The molecule has 0 saturated carbocycles. The van der Waals surface area contributed by atoms with Gasteiger partial charge >= 0.3 is 12.3 Å². The standard InChI is InChI=1S/C23H19F3N2O4S/c1-2-30-21(29)15-3-5-16(6-4-15)27-22(33)28-17-7-9-18(10-8-17)31-19-11-13-20(14-12-19)32-23(24,25)26/h3-14H,2H2,1H3,(H2,27,28,33). The molecule has 172 valence electrons. The molecule has 0 fully saturated rings. The summed E-state index contributed by atoms with van der Waals surface area (Å²) in [7, 11) is 0. The number of alkyl halides is 3. The number of thiocarbonyl (C=S) groups is 1. The van der Waals surface area contributed by atoms with Crippen molar-refractivity contribution >= 4 is 34.7 Å². The Hall–Kier alpha value is -3.79. The van der Waals surface area contributed by atoms with Crippen LogP contribution in [0.4, 0.5) is 24.5 Å². The molecule has 6 nitrogen and oxygen atoms in total. The van der Waals surface area contributed by atoms with E-state index in [9.17, 15) is 18.0 Å². The second-order valence-electron chi connectivity index (χ2n) is 6.52. The first-order valence-corrected chi connectivity index (χ1v) is 10.1. The largest absolute Gasteiger partial charge is 0.573 e. The predicted molar refractivity (Wildman–Crippen MR) is 122 cm³/mol. The fourth-order valence-corrected chi connectivity index (χ4v) is 2.88. The quantitative estimate of drug-likeness (QED) is 0.304. The third kappa shape index (κ3) is 7.69. The second-order valence-corrected chi connectivity index (χ2v) is 6.93. The molecule has 3 aromatic rings. The monoisotopic (exact) mass is 476 g/mol. The zero-order chi connectivity index (χ0) is 23.8. The lowest BCUT2D eigenvalue weighted by Gasteiger charge is -2.12. The number of hydrogen-bond acceptors (Lipinski definition) is 5. The first-order chi connectivity index (χ1) is 15.7. The van der Waals surface area contributed by atoms with Crippen molar-refractivity contribution in [1.82, 2.24) is 0 Å². The number of ether oxygens (including phenoxy) is 3. The number of rotatable bonds is 7. The van der Waals surface area contributed by atoms with Crippen LogP contribution in [0.3, 0.4) is 0 Å². The molecule has 3 aromatic carbocycles. The molecule has 0 aromatic heterocycles. The molecule has 0 aliphatic rings. The highest BCUT2D eigenvalue weighted by Gasteiger charge is 2.30. The Labute approximate surface area is 193 Å². The molecule has 0 saturated heterocycles. The number of carbonyl (C=O) groups is 1. The summed E-state index contributed by atoms with van der Waals surface area (Å²) in [5.41, 5.74) is 1.83. The van der Waals surface area contributed by atoms with E-state index >= 15 is 0 Å². The summed E-state index contributed by atoms with van der Waals surface area (Å²) < 4.78 is 51.0. The summed E-state index contributed by atoms with van der Waals surface area (Å²) in [6.07, 6.45) is -4.74. The van der Waals surface area contributed by atoms with Crippen molar-refractivity contribution in [1.29, 1.82) is 0 Å². The number of anilines is 2. The van der Waals surface area contributed by atoms with Gasteiger partial charge in [-0.1, -0.05) is 0 Å². The van der Waals surface area contributed by atoms with Gasteiger partial charge in [0.05, 0.1) is 12.2 Å². The Morgan fingerprint density at radius 2 is 1.27 bits per heavy atom. The van der Waals surface area contributed by atoms with Gasteiger partial charge in [-0.05, 0) is 91.9 Å². The van der Waals surface area contributed by atoms with E-state index in [4.69, 9.17) is 21.7 Å². The summed E-state index contributed by atoms with van der Waals surface area (Å²) in [6, 6.07) is 18.6. The van der Waals surface area contributed by atoms with E-state index in [1.54, 1.807) is 55.5 Å². The fourth-order valence-electron chi connectivity index (χ4n) is 2.65. The lowest BCUT2D eigenvalue weighted by molar-refractivity contribution is -0.274. The molecule has 0 heterocycles. The average molecular weight is 476 g/mol. The summed E-state index contributed by atoms with van der Waals surface area (Å²) in [4.78, 5) is 11.7. The van der Waals surface area contributed by atoms with Gasteiger partial charge < -0.3 is 24.8 Å². The van der Waals surface area contributed by atoms with E-state index in [1.165, 1.54) is 24.3 Å². The van der Waals surface area contributed by atoms with Crippen LogP contribution in [0.5, 0.6) is 17.2 Å². The van der Waals surface area contributed by atoms with Crippen molar-refractivity contribution < 1.29 is 32.2 Å². The molecule has 0 atom stereocenters. The maximum atomic E-state index is 12.2. The maximum absolute atomic E-state index is 12.2.